The summed E-state index contributed by atoms with van der Waals surface area (Å²) in [7, 11) is 0. The van der Waals surface area contributed by atoms with Crippen molar-refractivity contribution in [1.82, 2.24) is 4.90 Å². The second kappa shape index (κ2) is 5.45. The van der Waals surface area contributed by atoms with E-state index in [9.17, 15) is 4.79 Å². The molecule has 1 saturated heterocycles. The van der Waals surface area contributed by atoms with Gasteiger partial charge in [0.15, 0.2) is 5.78 Å². The summed E-state index contributed by atoms with van der Waals surface area (Å²) in [5, 5.41) is 8.60. The predicted molar refractivity (Wildman–Crippen MR) is 63.6 cm³/mol. The van der Waals surface area contributed by atoms with Crippen LogP contribution in [0.5, 0.6) is 0 Å². The van der Waals surface area contributed by atoms with E-state index in [2.05, 4.69) is 18.7 Å². The van der Waals surface area contributed by atoms with Crippen LogP contribution in [0.1, 0.15) is 40.0 Å². The molecule has 0 aromatic carbocycles. The number of Topliss-reactive ketones (excluding diaryl/α,β-unsaturated/α-hetero) is 1. The van der Waals surface area contributed by atoms with E-state index in [4.69, 9.17) is 5.26 Å². The molecule has 16 heavy (non-hydrogen) atoms. The van der Waals surface area contributed by atoms with E-state index >= 15 is 0 Å². The fourth-order valence-electron chi connectivity index (χ4n) is 2.44. The molecule has 0 spiro atoms. The summed E-state index contributed by atoms with van der Waals surface area (Å²) < 4.78 is 0. The van der Waals surface area contributed by atoms with Gasteiger partial charge >= 0.3 is 0 Å². The van der Waals surface area contributed by atoms with Crippen LogP contribution in [0.3, 0.4) is 0 Å². The minimum absolute atomic E-state index is 0.0547. The summed E-state index contributed by atoms with van der Waals surface area (Å²) >= 11 is 0. The maximum Gasteiger partial charge on any atom is 0.154 e. The zero-order valence-corrected chi connectivity index (χ0v) is 10.5. The van der Waals surface area contributed by atoms with Crippen LogP contribution in [-0.4, -0.2) is 30.3 Å². The van der Waals surface area contributed by atoms with Crippen LogP contribution < -0.4 is 0 Å². The van der Waals surface area contributed by atoms with Gasteiger partial charge in [0.2, 0.25) is 0 Å². The van der Waals surface area contributed by atoms with Crippen molar-refractivity contribution in [3.8, 4) is 6.07 Å². The van der Waals surface area contributed by atoms with Crippen molar-refractivity contribution in [1.29, 1.82) is 5.26 Å². The molecule has 3 heteroatoms. The van der Waals surface area contributed by atoms with Gasteiger partial charge in [-0.3, -0.25) is 4.79 Å². The number of rotatable bonds is 4. The highest BCUT2D eigenvalue weighted by molar-refractivity contribution is 5.86. The van der Waals surface area contributed by atoms with Gasteiger partial charge in [0.25, 0.3) is 0 Å². The quantitative estimate of drug-likeness (QED) is 0.731. The molecular weight excluding hydrogens is 200 g/mol. The Morgan fingerprint density at radius 3 is 2.75 bits per heavy atom. The Bertz CT molecular complexity index is 293. The van der Waals surface area contributed by atoms with Crippen LogP contribution in [0, 0.1) is 22.7 Å². The van der Waals surface area contributed by atoms with Crippen LogP contribution in [-0.2, 0) is 4.79 Å². The Morgan fingerprint density at radius 2 is 2.19 bits per heavy atom. The summed E-state index contributed by atoms with van der Waals surface area (Å²) in [6.45, 7) is 9.07. The van der Waals surface area contributed by atoms with Crippen LogP contribution in [0.2, 0.25) is 0 Å². The first-order valence-electron chi connectivity index (χ1n) is 5.89. The van der Waals surface area contributed by atoms with Gasteiger partial charge in [-0.1, -0.05) is 20.8 Å². The highest BCUT2D eigenvalue weighted by Gasteiger charge is 2.37. The fourth-order valence-corrected chi connectivity index (χ4v) is 2.44. The van der Waals surface area contributed by atoms with Crippen LogP contribution in [0.25, 0.3) is 0 Å². The molecule has 1 radical (unpaired) electrons. The van der Waals surface area contributed by atoms with Crippen molar-refractivity contribution < 1.29 is 4.79 Å². The van der Waals surface area contributed by atoms with Crippen molar-refractivity contribution in [2.24, 2.45) is 5.41 Å². The summed E-state index contributed by atoms with van der Waals surface area (Å²) in [4.78, 5) is 14.2. The average molecular weight is 221 g/mol. The van der Waals surface area contributed by atoms with E-state index in [0.29, 0.717) is 0 Å². The lowest BCUT2D eigenvalue weighted by Gasteiger charge is -2.39. The van der Waals surface area contributed by atoms with Crippen molar-refractivity contribution in [2.75, 3.05) is 19.6 Å². The third kappa shape index (κ3) is 3.31. The molecule has 0 aliphatic carbocycles. The molecule has 0 saturated carbocycles. The smallest absolute Gasteiger partial charge is 0.154 e. The summed E-state index contributed by atoms with van der Waals surface area (Å²) in [5.41, 5.74) is -0.302. The number of hydrogen-bond donors (Lipinski definition) is 0. The zero-order chi connectivity index (χ0) is 12.2. The second-order valence-corrected chi connectivity index (χ2v) is 5.34. The summed E-state index contributed by atoms with van der Waals surface area (Å²) in [6.07, 6.45) is 2.03. The Hall–Kier alpha value is -0.880. The number of ketones is 1. The highest BCUT2D eigenvalue weighted by Crippen LogP contribution is 2.31. The zero-order valence-electron chi connectivity index (χ0n) is 10.5. The van der Waals surface area contributed by atoms with Crippen LogP contribution >= 0.6 is 0 Å². The molecule has 0 N–H and O–H groups in total. The molecule has 1 aliphatic rings. The van der Waals surface area contributed by atoms with Gasteiger partial charge in [0.05, 0.1) is 12.5 Å². The van der Waals surface area contributed by atoms with Gasteiger partial charge in [-0.2, -0.15) is 5.26 Å². The minimum atomic E-state index is -0.302. The van der Waals surface area contributed by atoms with E-state index in [1.54, 1.807) is 0 Å². The largest absolute Gasteiger partial charge is 0.302 e. The first-order valence-corrected chi connectivity index (χ1v) is 5.89. The van der Waals surface area contributed by atoms with E-state index in [0.717, 1.165) is 32.5 Å². The Kier molecular flexibility index (Phi) is 4.49. The molecule has 0 amide bonds. The molecule has 1 aliphatic heterocycles. The van der Waals surface area contributed by atoms with E-state index in [-0.39, 0.29) is 17.6 Å². The Balaban J connectivity index is 2.61. The normalized spacial score (nSPS) is 26.7. The molecule has 1 atom stereocenters. The molecule has 0 aromatic heterocycles. The number of hydrogen-bond acceptors (Lipinski definition) is 3. The number of likely N-dealkylation sites (tertiary alicyclic amines) is 1. The van der Waals surface area contributed by atoms with Crippen molar-refractivity contribution >= 4 is 5.78 Å². The minimum Gasteiger partial charge on any atom is -0.302 e. The lowest BCUT2D eigenvalue weighted by Crippen LogP contribution is -2.46. The first kappa shape index (κ1) is 13.2. The van der Waals surface area contributed by atoms with E-state index in [1.807, 2.05) is 13.0 Å². The number of carbonyl (C=O) groups is 1. The standard InChI is InChI=1S/C13H21N2O/c1-11(2)9-15-8-4-6-13(3,10-15)12(16)5-7-14/h4-6,8-10H2,1-3H3. The average Bonchev–Trinajstić information content (AvgIpc) is 2.17. The molecule has 1 fully saturated rings. The lowest BCUT2D eigenvalue weighted by atomic mass is 9.77. The Morgan fingerprint density at radius 1 is 1.50 bits per heavy atom. The third-order valence-electron chi connectivity index (χ3n) is 3.23. The third-order valence-corrected chi connectivity index (χ3v) is 3.23. The van der Waals surface area contributed by atoms with Crippen molar-refractivity contribution in [3.63, 3.8) is 0 Å². The number of nitrogens with zero attached hydrogens (tertiary/aromatic N) is 2. The number of nitriles is 1. The first-order chi connectivity index (χ1) is 7.48. The van der Waals surface area contributed by atoms with E-state index < -0.39 is 0 Å². The molecule has 1 rings (SSSR count). The lowest BCUT2D eigenvalue weighted by molar-refractivity contribution is -0.129. The molecule has 3 nitrogen and oxygen atoms in total. The van der Waals surface area contributed by atoms with Crippen molar-refractivity contribution in [2.45, 2.75) is 40.0 Å². The molecular formula is C13H21N2O. The maximum absolute atomic E-state index is 11.9. The second-order valence-electron chi connectivity index (χ2n) is 5.34. The van der Waals surface area contributed by atoms with Crippen LogP contribution in [0.4, 0.5) is 0 Å². The molecule has 89 valence electrons. The van der Waals surface area contributed by atoms with E-state index in [1.165, 1.54) is 5.92 Å². The van der Waals surface area contributed by atoms with Gasteiger partial charge in [0.1, 0.15) is 0 Å². The van der Waals surface area contributed by atoms with Gasteiger partial charge in [-0.25, -0.2) is 0 Å². The predicted octanol–water partition coefficient (Wildman–Crippen LogP) is 2.19. The van der Waals surface area contributed by atoms with Crippen molar-refractivity contribution in [3.05, 3.63) is 5.92 Å². The monoisotopic (exact) mass is 221 g/mol. The SMILES string of the molecule is C[C](C)CN1CCCC(C)(C(=O)CC#N)C1. The maximum atomic E-state index is 11.9. The molecule has 1 heterocycles. The Labute approximate surface area is 98.4 Å². The van der Waals surface area contributed by atoms with Gasteiger partial charge in [-0.15, -0.1) is 0 Å². The summed E-state index contributed by atoms with van der Waals surface area (Å²) in [5.74, 6) is 1.48. The topological polar surface area (TPSA) is 44.1 Å². The van der Waals surface area contributed by atoms with Gasteiger partial charge in [0, 0.05) is 18.5 Å². The highest BCUT2D eigenvalue weighted by atomic mass is 16.1. The van der Waals surface area contributed by atoms with Gasteiger partial charge < -0.3 is 4.90 Å². The molecule has 0 bridgehead atoms. The van der Waals surface area contributed by atoms with Crippen LogP contribution in [0.15, 0.2) is 0 Å². The summed E-state index contributed by atoms with van der Waals surface area (Å²) in [6, 6.07) is 1.97. The number of piperidine rings is 1. The molecule has 1 unspecified atom stereocenters. The number of carbonyl (C=O) groups excluding carboxylic acids is 1. The molecule has 0 aromatic rings. The fraction of sp³-hybridized carbons (Fsp3) is 0.769. The van der Waals surface area contributed by atoms with Gasteiger partial charge in [-0.05, 0) is 25.3 Å².